The molecule has 0 saturated heterocycles. The Hall–Kier alpha value is -3.53. The van der Waals surface area contributed by atoms with Crippen LogP contribution in [0.3, 0.4) is 0 Å². The molecule has 0 radical (unpaired) electrons. The third-order valence-corrected chi connectivity index (χ3v) is 6.63. The minimum Gasteiger partial charge on any atom is -0.489 e. The molecule has 1 nitrogen and oxygen atoms in total. The fourth-order valence-corrected chi connectivity index (χ4v) is 4.47. The van der Waals surface area contributed by atoms with Gasteiger partial charge in [-0.25, -0.2) is 13.2 Å². The first kappa shape index (κ1) is 26.5. The van der Waals surface area contributed by atoms with Crippen LogP contribution < -0.4 is 4.74 Å². The summed E-state index contributed by atoms with van der Waals surface area (Å²) in [7, 11) is 0. The van der Waals surface area contributed by atoms with Crippen molar-refractivity contribution >= 4 is 0 Å². The number of unbranched alkanes of at least 4 members (excludes halogenated alkanes) is 2. The molecule has 0 N–H and O–H groups in total. The Kier molecular flexibility index (Phi) is 9.05. The maximum absolute atomic E-state index is 15.0. The lowest BCUT2D eigenvalue weighted by molar-refractivity contribution is 0.300. The van der Waals surface area contributed by atoms with Gasteiger partial charge >= 0.3 is 0 Å². The van der Waals surface area contributed by atoms with Gasteiger partial charge in [0.1, 0.15) is 18.2 Å². The lowest BCUT2D eigenvalue weighted by Gasteiger charge is -2.11. The van der Waals surface area contributed by atoms with Crippen LogP contribution in [0.1, 0.15) is 56.2 Å². The highest BCUT2D eigenvalue weighted by molar-refractivity contribution is 5.72. The van der Waals surface area contributed by atoms with Crippen LogP contribution in [0.2, 0.25) is 0 Å². The molecular weight excluding hydrogens is 469 g/mol. The molecule has 0 amide bonds. The van der Waals surface area contributed by atoms with Crippen LogP contribution in [0.15, 0.2) is 78.9 Å². The van der Waals surface area contributed by atoms with E-state index in [4.69, 9.17) is 4.74 Å². The van der Waals surface area contributed by atoms with Crippen LogP contribution >= 0.6 is 0 Å². The number of rotatable bonds is 11. The van der Waals surface area contributed by atoms with E-state index in [-0.39, 0.29) is 23.6 Å². The second-order valence-corrected chi connectivity index (χ2v) is 9.43. The van der Waals surface area contributed by atoms with Gasteiger partial charge in [-0.1, -0.05) is 93.8 Å². The predicted molar refractivity (Wildman–Crippen MR) is 145 cm³/mol. The first-order valence-electron chi connectivity index (χ1n) is 13.1. The van der Waals surface area contributed by atoms with Crippen LogP contribution in [-0.2, 0) is 19.4 Å². The SMILES string of the molecule is CCCCCc1ccc(COc2ccc(-c3ccc(-c4ccc(CCC)cc4)c(F)c3F)cc2)c(F)c1. The summed E-state index contributed by atoms with van der Waals surface area (Å²) in [4.78, 5) is 0. The van der Waals surface area contributed by atoms with E-state index in [1.807, 2.05) is 30.3 Å². The van der Waals surface area contributed by atoms with Gasteiger partial charge in [0.2, 0.25) is 0 Å². The molecule has 4 aromatic rings. The summed E-state index contributed by atoms with van der Waals surface area (Å²) < 4.78 is 50.3. The van der Waals surface area contributed by atoms with Gasteiger partial charge in [-0.2, -0.15) is 0 Å². The molecule has 37 heavy (non-hydrogen) atoms. The third kappa shape index (κ3) is 6.62. The van der Waals surface area contributed by atoms with Crippen molar-refractivity contribution in [3.8, 4) is 28.0 Å². The lowest BCUT2D eigenvalue weighted by Crippen LogP contribution is -2.00. The molecule has 0 fully saturated rings. The highest BCUT2D eigenvalue weighted by Crippen LogP contribution is 2.32. The maximum atomic E-state index is 15.0. The zero-order valence-electron chi connectivity index (χ0n) is 21.5. The average Bonchev–Trinajstić information content (AvgIpc) is 2.91. The minimum atomic E-state index is -0.884. The molecule has 4 heteroatoms. The van der Waals surface area contributed by atoms with Gasteiger partial charge in [0.15, 0.2) is 11.6 Å². The highest BCUT2D eigenvalue weighted by Gasteiger charge is 2.16. The summed E-state index contributed by atoms with van der Waals surface area (Å²) >= 11 is 0. The van der Waals surface area contributed by atoms with E-state index in [2.05, 4.69) is 13.8 Å². The van der Waals surface area contributed by atoms with Crippen molar-refractivity contribution in [3.05, 3.63) is 113 Å². The van der Waals surface area contributed by atoms with E-state index in [0.717, 1.165) is 44.1 Å². The Morgan fingerprint density at radius 2 is 1.19 bits per heavy atom. The Balaban J connectivity index is 1.43. The number of aryl methyl sites for hydroxylation is 2. The fraction of sp³-hybridized carbons (Fsp3) is 0.273. The number of halogens is 3. The molecule has 192 valence electrons. The molecule has 0 bridgehead atoms. The molecule has 0 aliphatic carbocycles. The summed E-state index contributed by atoms with van der Waals surface area (Å²) in [6, 6.07) is 22.8. The Morgan fingerprint density at radius 1 is 0.595 bits per heavy atom. The third-order valence-electron chi connectivity index (χ3n) is 6.63. The second kappa shape index (κ2) is 12.6. The predicted octanol–water partition coefficient (Wildman–Crippen LogP) is 9.70. The van der Waals surface area contributed by atoms with Crippen molar-refractivity contribution in [2.45, 2.75) is 59.0 Å². The molecule has 0 aliphatic rings. The molecule has 0 unspecified atom stereocenters. The van der Waals surface area contributed by atoms with Crippen molar-refractivity contribution < 1.29 is 17.9 Å². The molecule has 0 aliphatic heterocycles. The van der Waals surface area contributed by atoms with Gasteiger partial charge in [-0.3, -0.25) is 0 Å². The standard InChI is InChI=1S/C33H33F3O/c1-3-5-6-8-24-11-14-27(31(34)21-24)22-37-28-17-15-26(16-18-28)30-20-19-29(32(35)33(30)36)25-12-9-23(7-4-2)10-13-25/h9-21H,3-8,22H2,1-2H3. The Bertz CT molecular complexity index is 1310. The van der Waals surface area contributed by atoms with Crippen LogP contribution in [-0.4, -0.2) is 0 Å². The summed E-state index contributed by atoms with van der Waals surface area (Å²) in [5, 5.41) is 0. The zero-order valence-corrected chi connectivity index (χ0v) is 21.5. The van der Waals surface area contributed by atoms with Gasteiger partial charge < -0.3 is 4.74 Å². The molecule has 4 aromatic carbocycles. The summed E-state index contributed by atoms with van der Waals surface area (Å²) in [5.41, 5.74) is 4.25. The molecule has 4 rings (SSSR count). The van der Waals surface area contributed by atoms with Crippen LogP contribution in [0.5, 0.6) is 5.75 Å². The van der Waals surface area contributed by atoms with Gasteiger partial charge in [0, 0.05) is 16.7 Å². The molecule has 0 saturated carbocycles. The largest absolute Gasteiger partial charge is 0.489 e. The van der Waals surface area contributed by atoms with E-state index < -0.39 is 11.6 Å². The molecule has 0 heterocycles. The topological polar surface area (TPSA) is 9.23 Å². The van der Waals surface area contributed by atoms with Crippen molar-refractivity contribution in [1.82, 2.24) is 0 Å². The summed E-state index contributed by atoms with van der Waals surface area (Å²) in [5.74, 6) is -1.50. The van der Waals surface area contributed by atoms with E-state index in [9.17, 15) is 8.78 Å². The minimum absolute atomic E-state index is 0.0924. The average molecular weight is 503 g/mol. The van der Waals surface area contributed by atoms with E-state index in [1.54, 1.807) is 48.5 Å². The molecule has 0 spiro atoms. The van der Waals surface area contributed by atoms with Crippen LogP contribution in [0.25, 0.3) is 22.3 Å². The van der Waals surface area contributed by atoms with Crippen molar-refractivity contribution in [2.24, 2.45) is 0 Å². The smallest absolute Gasteiger partial charge is 0.167 e. The van der Waals surface area contributed by atoms with E-state index in [0.29, 0.717) is 22.4 Å². The van der Waals surface area contributed by atoms with Crippen molar-refractivity contribution in [1.29, 1.82) is 0 Å². The zero-order chi connectivity index (χ0) is 26.2. The number of ether oxygens (including phenoxy) is 1. The van der Waals surface area contributed by atoms with Gasteiger partial charge in [-0.15, -0.1) is 0 Å². The number of hydrogen-bond acceptors (Lipinski definition) is 1. The number of benzene rings is 4. The van der Waals surface area contributed by atoms with E-state index in [1.165, 1.54) is 5.56 Å². The number of hydrogen-bond donors (Lipinski definition) is 0. The van der Waals surface area contributed by atoms with E-state index >= 15 is 4.39 Å². The van der Waals surface area contributed by atoms with Gasteiger partial charge in [-0.05, 0) is 59.7 Å². The molecule has 0 atom stereocenters. The van der Waals surface area contributed by atoms with Crippen LogP contribution in [0.4, 0.5) is 13.2 Å². The van der Waals surface area contributed by atoms with Crippen LogP contribution in [0, 0.1) is 17.5 Å². The van der Waals surface area contributed by atoms with Crippen molar-refractivity contribution in [2.75, 3.05) is 0 Å². The fourth-order valence-electron chi connectivity index (χ4n) is 4.47. The quantitative estimate of drug-likeness (QED) is 0.186. The highest BCUT2D eigenvalue weighted by atomic mass is 19.2. The maximum Gasteiger partial charge on any atom is 0.167 e. The Morgan fingerprint density at radius 3 is 1.76 bits per heavy atom. The second-order valence-electron chi connectivity index (χ2n) is 9.43. The lowest BCUT2D eigenvalue weighted by atomic mass is 9.97. The molecular formula is C33H33F3O. The normalized spacial score (nSPS) is 11.1. The van der Waals surface area contributed by atoms with Gasteiger partial charge in [0.25, 0.3) is 0 Å². The van der Waals surface area contributed by atoms with Crippen molar-refractivity contribution in [3.63, 3.8) is 0 Å². The van der Waals surface area contributed by atoms with Gasteiger partial charge in [0.05, 0.1) is 0 Å². The molecule has 0 aromatic heterocycles. The summed E-state index contributed by atoms with van der Waals surface area (Å²) in [6.45, 7) is 4.34. The summed E-state index contributed by atoms with van der Waals surface area (Å²) in [6.07, 6.45) is 6.18. The monoisotopic (exact) mass is 502 g/mol. The Labute approximate surface area is 217 Å². The first-order valence-corrected chi connectivity index (χ1v) is 13.1. The first-order chi connectivity index (χ1) is 18.0.